The van der Waals surface area contributed by atoms with E-state index in [1.54, 1.807) is 11.8 Å². The lowest BCUT2D eigenvalue weighted by atomic mass is 9.90. The van der Waals surface area contributed by atoms with Gasteiger partial charge in [-0.2, -0.15) is 11.8 Å². The summed E-state index contributed by atoms with van der Waals surface area (Å²) in [4.78, 5) is 10.6. The fraction of sp³-hybridized carbons (Fsp3) is 0.850. The number of hydrogen-bond donors (Lipinski definition) is 2. The van der Waals surface area contributed by atoms with Gasteiger partial charge < -0.3 is 10.2 Å². The molecule has 138 valence electrons. The second-order valence-corrected chi connectivity index (χ2v) is 8.79. The van der Waals surface area contributed by atoms with Crippen LogP contribution in [0.25, 0.3) is 0 Å². The van der Waals surface area contributed by atoms with Gasteiger partial charge in [-0.3, -0.25) is 4.79 Å². The standard InChI is InChI=1S/C20H34O3S/c1-2-3-4-5-18(21)9-8-16-6-7-17-12-15(13-19(16)17)10-11-24-14-20(22)23/h8-9,15-19,21H,2-7,10-14H2,1H3,(H,22,23)/t15?,16-,17+,18?,19-/m0/s1. The van der Waals surface area contributed by atoms with E-state index < -0.39 is 5.97 Å². The molecule has 0 aromatic rings. The van der Waals surface area contributed by atoms with E-state index in [0.29, 0.717) is 5.92 Å². The number of carbonyl (C=O) groups is 1. The van der Waals surface area contributed by atoms with Gasteiger partial charge in [0.05, 0.1) is 11.9 Å². The molecule has 2 saturated carbocycles. The first-order chi connectivity index (χ1) is 11.6. The molecule has 2 aliphatic carbocycles. The van der Waals surface area contributed by atoms with Crippen molar-refractivity contribution < 1.29 is 15.0 Å². The highest BCUT2D eigenvalue weighted by Gasteiger charge is 2.41. The third kappa shape index (κ3) is 6.44. The molecule has 2 fully saturated rings. The van der Waals surface area contributed by atoms with Crippen LogP contribution in [0.2, 0.25) is 0 Å². The van der Waals surface area contributed by atoms with E-state index in [-0.39, 0.29) is 11.9 Å². The molecule has 0 spiro atoms. The van der Waals surface area contributed by atoms with E-state index in [1.165, 1.54) is 44.9 Å². The maximum absolute atomic E-state index is 10.6. The second kappa shape index (κ2) is 10.5. The summed E-state index contributed by atoms with van der Waals surface area (Å²) in [5.74, 6) is 3.63. The normalized spacial score (nSPS) is 30.8. The van der Waals surface area contributed by atoms with Gasteiger partial charge in [0.1, 0.15) is 0 Å². The number of rotatable bonds is 11. The molecular formula is C20H34O3S. The van der Waals surface area contributed by atoms with Crippen LogP contribution in [0, 0.1) is 23.7 Å². The van der Waals surface area contributed by atoms with Gasteiger partial charge in [0.15, 0.2) is 0 Å². The highest BCUT2D eigenvalue weighted by atomic mass is 32.2. The van der Waals surface area contributed by atoms with Crippen molar-refractivity contribution in [2.24, 2.45) is 23.7 Å². The Bertz CT molecular complexity index is 410. The highest BCUT2D eigenvalue weighted by Crippen LogP contribution is 2.51. The van der Waals surface area contributed by atoms with Crippen LogP contribution < -0.4 is 0 Å². The Labute approximate surface area is 151 Å². The zero-order chi connectivity index (χ0) is 17.4. The number of hydrogen-bond acceptors (Lipinski definition) is 3. The summed E-state index contributed by atoms with van der Waals surface area (Å²) in [7, 11) is 0. The van der Waals surface area contributed by atoms with Gasteiger partial charge in [0, 0.05) is 0 Å². The fourth-order valence-electron chi connectivity index (χ4n) is 4.61. The fourth-order valence-corrected chi connectivity index (χ4v) is 5.43. The molecule has 4 heteroatoms. The Hall–Kier alpha value is -0.480. The summed E-state index contributed by atoms with van der Waals surface area (Å²) in [6.07, 6.45) is 15.0. The molecule has 2 rings (SSSR count). The van der Waals surface area contributed by atoms with Crippen molar-refractivity contribution in [1.82, 2.24) is 0 Å². The summed E-state index contributed by atoms with van der Waals surface area (Å²) in [6.45, 7) is 2.19. The first-order valence-electron chi connectivity index (χ1n) is 9.76. The number of carboxylic acids is 1. The van der Waals surface area contributed by atoms with E-state index in [1.807, 2.05) is 0 Å². The predicted molar refractivity (Wildman–Crippen MR) is 101 cm³/mol. The molecule has 2 aliphatic rings. The maximum Gasteiger partial charge on any atom is 0.313 e. The van der Waals surface area contributed by atoms with Crippen molar-refractivity contribution >= 4 is 17.7 Å². The lowest BCUT2D eigenvalue weighted by Crippen LogP contribution is -2.09. The summed E-state index contributed by atoms with van der Waals surface area (Å²) in [5, 5.41) is 18.8. The summed E-state index contributed by atoms with van der Waals surface area (Å²) >= 11 is 1.55. The van der Waals surface area contributed by atoms with Crippen LogP contribution in [0.15, 0.2) is 12.2 Å². The molecule has 5 atom stereocenters. The largest absolute Gasteiger partial charge is 0.481 e. The van der Waals surface area contributed by atoms with Gasteiger partial charge in [-0.25, -0.2) is 0 Å². The van der Waals surface area contributed by atoms with E-state index in [9.17, 15) is 9.90 Å². The number of unbranched alkanes of at least 4 members (excludes halogenated alkanes) is 2. The number of thioether (sulfide) groups is 1. The highest BCUT2D eigenvalue weighted by molar-refractivity contribution is 7.99. The Balaban J connectivity index is 1.69. The van der Waals surface area contributed by atoms with E-state index >= 15 is 0 Å². The minimum absolute atomic E-state index is 0.237. The molecule has 2 unspecified atom stereocenters. The Morgan fingerprint density at radius 1 is 1.29 bits per heavy atom. The van der Waals surface area contributed by atoms with Crippen molar-refractivity contribution in [3.8, 4) is 0 Å². The average molecular weight is 355 g/mol. The first kappa shape index (κ1) is 19.8. The Morgan fingerprint density at radius 2 is 2.12 bits per heavy atom. The lowest BCUT2D eigenvalue weighted by molar-refractivity contribution is -0.133. The van der Waals surface area contributed by atoms with E-state index in [0.717, 1.165) is 36.3 Å². The molecule has 24 heavy (non-hydrogen) atoms. The lowest BCUT2D eigenvalue weighted by Gasteiger charge is -2.16. The van der Waals surface area contributed by atoms with Gasteiger partial charge in [0.2, 0.25) is 0 Å². The molecule has 2 N–H and O–H groups in total. The number of aliphatic hydroxyl groups excluding tert-OH is 1. The summed E-state index contributed by atoms with van der Waals surface area (Å²) in [6, 6.07) is 0. The molecule has 0 aliphatic heterocycles. The Kier molecular flexibility index (Phi) is 8.68. The third-order valence-corrected chi connectivity index (χ3v) is 6.82. The first-order valence-corrected chi connectivity index (χ1v) is 10.9. The monoisotopic (exact) mass is 354 g/mol. The molecule has 3 nitrogen and oxygen atoms in total. The molecule has 0 aromatic carbocycles. The third-order valence-electron chi connectivity index (χ3n) is 5.85. The number of aliphatic hydroxyl groups is 1. The predicted octanol–water partition coefficient (Wildman–Crippen LogP) is 4.74. The quantitative estimate of drug-likeness (QED) is 0.415. The van der Waals surface area contributed by atoms with Crippen LogP contribution in [0.4, 0.5) is 0 Å². The van der Waals surface area contributed by atoms with Crippen LogP contribution in [0.5, 0.6) is 0 Å². The Morgan fingerprint density at radius 3 is 2.88 bits per heavy atom. The average Bonchev–Trinajstić information content (AvgIpc) is 3.10. The van der Waals surface area contributed by atoms with Crippen LogP contribution in [0.3, 0.4) is 0 Å². The van der Waals surface area contributed by atoms with Crippen molar-refractivity contribution in [2.75, 3.05) is 11.5 Å². The number of allylic oxidation sites excluding steroid dienone is 1. The topological polar surface area (TPSA) is 57.5 Å². The van der Waals surface area contributed by atoms with Crippen molar-refractivity contribution in [3.63, 3.8) is 0 Å². The van der Waals surface area contributed by atoms with Crippen molar-refractivity contribution in [1.29, 1.82) is 0 Å². The van der Waals surface area contributed by atoms with Crippen LogP contribution in [-0.2, 0) is 4.79 Å². The van der Waals surface area contributed by atoms with Crippen LogP contribution in [-0.4, -0.2) is 33.8 Å². The van der Waals surface area contributed by atoms with Gasteiger partial charge in [-0.15, -0.1) is 0 Å². The number of fused-ring (bicyclic) bond motifs is 1. The van der Waals surface area contributed by atoms with Crippen molar-refractivity contribution in [2.45, 2.75) is 70.8 Å². The zero-order valence-corrected chi connectivity index (χ0v) is 15.8. The molecule has 0 saturated heterocycles. The van der Waals surface area contributed by atoms with E-state index in [2.05, 4.69) is 19.1 Å². The maximum atomic E-state index is 10.6. The van der Waals surface area contributed by atoms with Crippen molar-refractivity contribution in [3.05, 3.63) is 12.2 Å². The van der Waals surface area contributed by atoms with Gasteiger partial charge in [-0.05, 0) is 67.9 Å². The molecule has 0 radical (unpaired) electrons. The minimum Gasteiger partial charge on any atom is -0.481 e. The van der Waals surface area contributed by atoms with Crippen LogP contribution >= 0.6 is 11.8 Å². The smallest absolute Gasteiger partial charge is 0.313 e. The van der Waals surface area contributed by atoms with Gasteiger partial charge >= 0.3 is 5.97 Å². The van der Waals surface area contributed by atoms with Crippen LogP contribution in [0.1, 0.15) is 64.7 Å². The molecular weight excluding hydrogens is 320 g/mol. The van der Waals surface area contributed by atoms with Gasteiger partial charge in [0.25, 0.3) is 0 Å². The summed E-state index contributed by atoms with van der Waals surface area (Å²) in [5.41, 5.74) is 0. The minimum atomic E-state index is -0.703. The SMILES string of the molecule is CCCCCC(O)C=C[C@@H]1CC[C@@H]2CC(CCSCC(=O)O)C[C@H]21. The molecule has 0 amide bonds. The second-order valence-electron chi connectivity index (χ2n) is 7.69. The number of carboxylic acid groups (broad SMARTS) is 1. The summed E-state index contributed by atoms with van der Waals surface area (Å²) < 4.78 is 0. The molecule has 0 bridgehead atoms. The number of aliphatic carboxylic acids is 1. The zero-order valence-electron chi connectivity index (χ0n) is 15.0. The molecule has 0 aromatic heterocycles. The molecule has 0 heterocycles. The van der Waals surface area contributed by atoms with Gasteiger partial charge in [-0.1, -0.05) is 38.3 Å². The van der Waals surface area contributed by atoms with E-state index in [4.69, 9.17) is 5.11 Å².